The lowest BCUT2D eigenvalue weighted by molar-refractivity contribution is -0.154. The van der Waals surface area contributed by atoms with Gasteiger partial charge < -0.3 is 14.8 Å². The van der Waals surface area contributed by atoms with E-state index in [-0.39, 0.29) is 12.3 Å². The van der Waals surface area contributed by atoms with E-state index in [1.807, 2.05) is 56.3 Å². The van der Waals surface area contributed by atoms with Crippen LogP contribution in [-0.4, -0.2) is 25.1 Å². The zero-order valence-electron chi connectivity index (χ0n) is 15.7. The highest BCUT2D eigenvalue weighted by molar-refractivity contribution is 5.84. The Morgan fingerprint density at radius 3 is 2.35 bits per heavy atom. The lowest BCUT2D eigenvalue weighted by atomic mass is 10.1. The maximum atomic E-state index is 12.2. The van der Waals surface area contributed by atoms with Crippen LogP contribution in [0.15, 0.2) is 42.5 Å². The van der Waals surface area contributed by atoms with Crippen molar-refractivity contribution in [2.24, 2.45) is 0 Å². The number of benzene rings is 2. The highest BCUT2D eigenvalue weighted by Gasteiger charge is 2.19. The van der Waals surface area contributed by atoms with Crippen LogP contribution in [0, 0.1) is 13.8 Å². The van der Waals surface area contributed by atoms with E-state index in [9.17, 15) is 9.59 Å². The van der Waals surface area contributed by atoms with Gasteiger partial charge in [0.25, 0.3) is 5.91 Å². The Morgan fingerprint density at radius 2 is 1.69 bits per heavy atom. The van der Waals surface area contributed by atoms with Crippen molar-refractivity contribution in [1.29, 1.82) is 0 Å². The molecule has 2 aromatic carbocycles. The van der Waals surface area contributed by atoms with Crippen molar-refractivity contribution in [1.82, 2.24) is 5.32 Å². The molecule has 2 aromatic rings. The van der Waals surface area contributed by atoms with Crippen LogP contribution in [0.2, 0.25) is 0 Å². The van der Waals surface area contributed by atoms with E-state index >= 15 is 0 Å². The number of methoxy groups -OCH3 is 1. The van der Waals surface area contributed by atoms with Crippen LogP contribution >= 0.6 is 0 Å². The quantitative estimate of drug-likeness (QED) is 0.775. The molecule has 0 fully saturated rings. The van der Waals surface area contributed by atoms with Crippen LogP contribution in [0.1, 0.15) is 29.2 Å². The number of hydrogen-bond acceptors (Lipinski definition) is 4. The van der Waals surface area contributed by atoms with Gasteiger partial charge in [-0.3, -0.25) is 9.59 Å². The molecule has 0 heterocycles. The molecule has 0 aliphatic rings. The summed E-state index contributed by atoms with van der Waals surface area (Å²) in [5.41, 5.74) is 3.92. The summed E-state index contributed by atoms with van der Waals surface area (Å²) in [7, 11) is 1.56. The largest absolute Gasteiger partial charge is 0.496 e. The van der Waals surface area contributed by atoms with E-state index in [1.165, 1.54) is 0 Å². The van der Waals surface area contributed by atoms with Crippen LogP contribution in [-0.2, 0) is 27.3 Å². The van der Waals surface area contributed by atoms with Crippen LogP contribution in [0.3, 0.4) is 0 Å². The number of aryl methyl sites for hydroxylation is 2. The van der Waals surface area contributed by atoms with Gasteiger partial charge in [-0.25, -0.2) is 0 Å². The van der Waals surface area contributed by atoms with Gasteiger partial charge in [-0.15, -0.1) is 0 Å². The van der Waals surface area contributed by atoms with E-state index in [1.54, 1.807) is 14.0 Å². The number of ether oxygens (including phenoxy) is 2. The summed E-state index contributed by atoms with van der Waals surface area (Å²) in [6.07, 6.45) is -0.802. The Bertz CT molecular complexity index is 768. The molecule has 0 spiro atoms. The second-order valence-electron chi connectivity index (χ2n) is 6.33. The Kier molecular flexibility index (Phi) is 6.78. The minimum atomic E-state index is -0.858. The zero-order valence-corrected chi connectivity index (χ0v) is 15.7. The molecule has 0 bridgehead atoms. The van der Waals surface area contributed by atoms with Crippen LogP contribution in [0.25, 0.3) is 0 Å². The molecule has 5 nitrogen and oxygen atoms in total. The molecule has 2 rings (SSSR count). The number of carbonyl (C=O) groups is 2. The number of hydrogen-bond donors (Lipinski definition) is 1. The summed E-state index contributed by atoms with van der Waals surface area (Å²) < 4.78 is 10.5. The second-order valence-corrected chi connectivity index (χ2v) is 6.33. The number of carbonyl (C=O) groups excluding carboxylic acids is 2. The molecule has 1 atom stereocenters. The first-order valence-electron chi connectivity index (χ1n) is 8.55. The molecular weight excluding hydrogens is 330 g/mol. The maximum Gasteiger partial charge on any atom is 0.311 e. The average Bonchev–Trinajstić information content (AvgIpc) is 2.61. The third kappa shape index (κ3) is 5.62. The maximum absolute atomic E-state index is 12.2. The van der Waals surface area contributed by atoms with Gasteiger partial charge in [0.15, 0.2) is 6.10 Å². The Morgan fingerprint density at radius 1 is 1.04 bits per heavy atom. The molecule has 1 amide bonds. The minimum absolute atomic E-state index is 0.0560. The molecule has 0 aliphatic heterocycles. The molecule has 1 N–H and O–H groups in total. The molecule has 0 aromatic heterocycles. The molecule has 0 saturated carbocycles. The van der Waals surface area contributed by atoms with Gasteiger partial charge >= 0.3 is 5.97 Å². The van der Waals surface area contributed by atoms with Crippen molar-refractivity contribution in [3.8, 4) is 5.75 Å². The lowest BCUT2D eigenvalue weighted by Gasteiger charge is -2.15. The van der Waals surface area contributed by atoms with Gasteiger partial charge in [-0.1, -0.05) is 47.5 Å². The molecule has 0 radical (unpaired) electrons. The minimum Gasteiger partial charge on any atom is -0.496 e. The average molecular weight is 355 g/mol. The summed E-state index contributed by atoms with van der Waals surface area (Å²) in [5.74, 6) is -0.161. The van der Waals surface area contributed by atoms with E-state index in [0.717, 1.165) is 22.3 Å². The second kappa shape index (κ2) is 9.04. The predicted octanol–water partition coefficient (Wildman–Crippen LogP) is 3.10. The summed E-state index contributed by atoms with van der Waals surface area (Å²) in [6.45, 7) is 5.91. The number of esters is 1. The van der Waals surface area contributed by atoms with E-state index < -0.39 is 12.1 Å². The standard InChI is InChI=1S/C21H25NO4/c1-14-5-8-17(9-6-14)13-22-21(24)16(3)26-20(23)12-18-11-15(2)7-10-19(18)25-4/h5-11,16H,12-13H2,1-4H3,(H,22,24)/t16-/m0/s1. The number of amides is 1. The molecule has 0 aliphatic carbocycles. The van der Waals surface area contributed by atoms with Gasteiger partial charge in [0, 0.05) is 12.1 Å². The summed E-state index contributed by atoms with van der Waals surface area (Å²) in [5, 5.41) is 2.78. The highest BCUT2D eigenvalue weighted by Crippen LogP contribution is 2.20. The first-order chi connectivity index (χ1) is 12.4. The number of nitrogens with one attached hydrogen (secondary N) is 1. The van der Waals surface area contributed by atoms with Crippen molar-refractivity contribution in [2.75, 3.05) is 7.11 Å². The fourth-order valence-corrected chi connectivity index (χ4v) is 2.53. The smallest absolute Gasteiger partial charge is 0.311 e. The van der Waals surface area contributed by atoms with E-state index in [0.29, 0.717) is 12.3 Å². The molecule has 5 heteroatoms. The van der Waals surface area contributed by atoms with E-state index in [2.05, 4.69) is 5.32 Å². The monoisotopic (exact) mass is 355 g/mol. The van der Waals surface area contributed by atoms with Crippen LogP contribution in [0.5, 0.6) is 5.75 Å². The fourth-order valence-electron chi connectivity index (χ4n) is 2.53. The molecular formula is C21H25NO4. The Balaban J connectivity index is 1.87. The predicted molar refractivity (Wildman–Crippen MR) is 100 cm³/mol. The molecule has 0 unspecified atom stereocenters. The van der Waals surface area contributed by atoms with Gasteiger partial charge in [0.05, 0.1) is 13.5 Å². The van der Waals surface area contributed by atoms with E-state index in [4.69, 9.17) is 9.47 Å². The molecule has 0 saturated heterocycles. The third-order valence-corrected chi connectivity index (χ3v) is 4.04. The molecule has 26 heavy (non-hydrogen) atoms. The Hall–Kier alpha value is -2.82. The van der Waals surface area contributed by atoms with Crippen molar-refractivity contribution < 1.29 is 19.1 Å². The summed E-state index contributed by atoms with van der Waals surface area (Å²) in [6, 6.07) is 13.5. The summed E-state index contributed by atoms with van der Waals surface area (Å²) >= 11 is 0. The third-order valence-electron chi connectivity index (χ3n) is 4.04. The lowest BCUT2D eigenvalue weighted by Crippen LogP contribution is -2.35. The molecule has 138 valence electrons. The first-order valence-corrected chi connectivity index (χ1v) is 8.55. The van der Waals surface area contributed by atoms with Crippen molar-refractivity contribution in [3.05, 3.63) is 64.7 Å². The van der Waals surface area contributed by atoms with Gasteiger partial charge in [0.2, 0.25) is 0 Å². The van der Waals surface area contributed by atoms with Crippen LogP contribution < -0.4 is 10.1 Å². The van der Waals surface area contributed by atoms with Crippen molar-refractivity contribution >= 4 is 11.9 Å². The Labute approximate surface area is 154 Å². The van der Waals surface area contributed by atoms with Crippen LogP contribution in [0.4, 0.5) is 0 Å². The normalized spacial score (nSPS) is 11.5. The van der Waals surface area contributed by atoms with Gasteiger partial charge in [0.1, 0.15) is 5.75 Å². The zero-order chi connectivity index (χ0) is 19.1. The van der Waals surface area contributed by atoms with Gasteiger partial charge in [-0.05, 0) is 32.4 Å². The number of rotatable bonds is 7. The van der Waals surface area contributed by atoms with Crippen molar-refractivity contribution in [2.45, 2.75) is 39.8 Å². The summed E-state index contributed by atoms with van der Waals surface area (Å²) in [4.78, 5) is 24.3. The topological polar surface area (TPSA) is 64.6 Å². The van der Waals surface area contributed by atoms with Crippen molar-refractivity contribution in [3.63, 3.8) is 0 Å². The highest BCUT2D eigenvalue weighted by atomic mass is 16.5. The SMILES string of the molecule is COc1ccc(C)cc1CC(=O)O[C@@H](C)C(=O)NCc1ccc(C)cc1. The fraction of sp³-hybridized carbons (Fsp3) is 0.333. The first kappa shape index (κ1) is 19.5. The van der Waals surface area contributed by atoms with Gasteiger partial charge in [-0.2, -0.15) is 0 Å².